The van der Waals surface area contributed by atoms with Gasteiger partial charge in [-0.05, 0) is 62.5 Å². The molecule has 5 rings (SSSR count). The first-order valence-corrected chi connectivity index (χ1v) is 9.88. The van der Waals surface area contributed by atoms with Crippen molar-refractivity contribution in [3.8, 4) is 11.4 Å². The van der Waals surface area contributed by atoms with Gasteiger partial charge in [-0.3, -0.25) is 4.98 Å². The van der Waals surface area contributed by atoms with Crippen molar-refractivity contribution >= 4 is 5.82 Å². The molecule has 2 fully saturated rings. The standard InChI is InChI=1S/C21H26N4/c1-2-9-21(8-1)10-14-25(15-11-21)20-17-4-3-5-18(17)23-19(24-20)16-6-12-22-13-7-16/h6-7,12-13H,1-5,8-11,14-15H2. The van der Waals surface area contributed by atoms with Crippen LogP contribution in [0.2, 0.25) is 0 Å². The van der Waals surface area contributed by atoms with E-state index >= 15 is 0 Å². The quantitative estimate of drug-likeness (QED) is 0.826. The molecule has 1 saturated carbocycles. The molecule has 1 saturated heterocycles. The SMILES string of the molecule is c1cc(-c2nc3c(c(N4CCC5(CCCC5)CC4)n2)CCC3)ccn1. The van der Waals surface area contributed by atoms with Gasteiger partial charge in [-0.25, -0.2) is 9.97 Å². The Labute approximate surface area is 149 Å². The maximum absolute atomic E-state index is 5.04. The lowest BCUT2D eigenvalue weighted by Gasteiger charge is -2.40. The number of hydrogen-bond donors (Lipinski definition) is 0. The highest BCUT2D eigenvalue weighted by molar-refractivity contribution is 5.61. The number of hydrogen-bond acceptors (Lipinski definition) is 4. The molecule has 0 atom stereocenters. The third kappa shape index (κ3) is 2.72. The summed E-state index contributed by atoms with van der Waals surface area (Å²) in [6.45, 7) is 2.33. The van der Waals surface area contributed by atoms with Crippen LogP contribution in [0, 0.1) is 5.41 Å². The smallest absolute Gasteiger partial charge is 0.161 e. The number of fused-ring (bicyclic) bond motifs is 1. The maximum Gasteiger partial charge on any atom is 0.161 e. The third-order valence-corrected chi connectivity index (χ3v) is 6.64. The van der Waals surface area contributed by atoms with E-state index in [1.165, 1.54) is 75.1 Å². The number of aryl methyl sites for hydroxylation is 1. The normalized spacial score (nSPS) is 21.7. The zero-order chi connectivity index (χ0) is 16.7. The van der Waals surface area contributed by atoms with E-state index < -0.39 is 0 Å². The van der Waals surface area contributed by atoms with Crippen LogP contribution in [0.4, 0.5) is 5.82 Å². The second-order valence-electron chi connectivity index (χ2n) is 8.08. The predicted molar refractivity (Wildman–Crippen MR) is 99.6 cm³/mol. The minimum atomic E-state index is 0.653. The Morgan fingerprint density at radius 3 is 2.36 bits per heavy atom. The first-order chi connectivity index (χ1) is 12.3. The highest BCUT2D eigenvalue weighted by Gasteiger charge is 2.38. The van der Waals surface area contributed by atoms with Gasteiger partial charge in [0.2, 0.25) is 0 Å². The van der Waals surface area contributed by atoms with Gasteiger partial charge in [0.25, 0.3) is 0 Å². The number of rotatable bonds is 2. The van der Waals surface area contributed by atoms with Gasteiger partial charge in [0.05, 0.1) is 0 Å². The van der Waals surface area contributed by atoms with E-state index in [1.54, 1.807) is 0 Å². The van der Waals surface area contributed by atoms with Crippen molar-refractivity contribution in [3.05, 3.63) is 35.8 Å². The van der Waals surface area contributed by atoms with E-state index in [0.29, 0.717) is 5.41 Å². The lowest BCUT2D eigenvalue weighted by molar-refractivity contribution is 0.226. The minimum absolute atomic E-state index is 0.653. The summed E-state index contributed by atoms with van der Waals surface area (Å²) in [5, 5.41) is 0. The highest BCUT2D eigenvalue weighted by Crippen LogP contribution is 2.47. The number of pyridine rings is 1. The van der Waals surface area contributed by atoms with Crippen LogP contribution in [0.5, 0.6) is 0 Å². The molecule has 25 heavy (non-hydrogen) atoms. The fourth-order valence-electron chi connectivity index (χ4n) is 5.12. The summed E-state index contributed by atoms with van der Waals surface area (Å²) >= 11 is 0. The molecule has 3 aliphatic rings. The summed E-state index contributed by atoms with van der Waals surface area (Å²) in [5.74, 6) is 2.10. The molecule has 2 aromatic heterocycles. The molecule has 0 N–H and O–H groups in total. The van der Waals surface area contributed by atoms with Gasteiger partial charge >= 0.3 is 0 Å². The average molecular weight is 334 g/mol. The van der Waals surface area contributed by atoms with Crippen molar-refractivity contribution in [1.82, 2.24) is 15.0 Å². The van der Waals surface area contributed by atoms with Gasteiger partial charge in [-0.1, -0.05) is 12.8 Å². The van der Waals surface area contributed by atoms with E-state index in [1.807, 2.05) is 24.5 Å². The third-order valence-electron chi connectivity index (χ3n) is 6.64. The molecule has 1 spiro atoms. The number of aromatic nitrogens is 3. The van der Waals surface area contributed by atoms with Crippen LogP contribution in [0.1, 0.15) is 56.2 Å². The number of nitrogens with zero attached hydrogens (tertiary/aromatic N) is 4. The molecule has 0 radical (unpaired) electrons. The Hall–Kier alpha value is -1.97. The largest absolute Gasteiger partial charge is 0.356 e. The van der Waals surface area contributed by atoms with Gasteiger partial charge in [0, 0.05) is 42.3 Å². The molecule has 4 heteroatoms. The van der Waals surface area contributed by atoms with Gasteiger partial charge in [0.1, 0.15) is 5.82 Å². The minimum Gasteiger partial charge on any atom is -0.356 e. The molecule has 0 unspecified atom stereocenters. The fourth-order valence-corrected chi connectivity index (χ4v) is 5.12. The van der Waals surface area contributed by atoms with Crippen LogP contribution in [-0.4, -0.2) is 28.0 Å². The molecule has 4 nitrogen and oxygen atoms in total. The molecule has 0 amide bonds. The Kier molecular flexibility index (Phi) is 3.72. The summed E-state index contributed by atoms with van der Waals surface area (Å²) < 4.78 is 0. The molecule has 2 aromatic rings. The molecular weight excluding hydrogens is 308 g/mol. The Morgan fingerprint density at radius 2 is 1.60 bits per heavy atom. The Balaban J connectivity index is 1.48. The van der Waals surface area contributed by atoms with Crippen LogP contribution in [0.15, 0.2) is 24.5 Å². The molecule has 130 valence electrons. The summed E-state index contributed by atoms with van der Waals surface area (Å²) in [4.78, 5) is 16.6. The second kappa shape index (κ2) is 6.08. The lowest BCUT2D eigenvalue weighted by atomic mass is 9.77. The van der Waals surface area contributed by atoms with Crippen LogP contribution >= 0.6 is 0 Å². The van der Waals surface area contributed by atoms with E-state index in [4.69, 9.17) is 9.97 Å². The van der Waals surface area contributed by atoms with Gasteiger partial charge < -0.3 is 4.90 Å². The van der Waals surface area contributed by atoms with E-state index in [2.05, 4.69) is 9.88 Å². The summed E-state index contributed by atoms with van der Waals surface area (Å²) in [6, 6.07) is 4.04. The zero-order valence-corrected chi connectivity index (χ0v) is 14.9. The maximum atomic E-state index is 5.04. The van der Waals surface area contributed by atoms with E-state index in [0.717, 1.165) is 24.2 Å². The van der Waals surface area contributed by atoms with Crippen molar-refractivity contribution in [2.45, 2.75) is 57.8 Å². The topological polar surface area (TPSA) is 41.9 Å². The van der Waals surface area contributed by atoms with E-state index in [-0.39, 0.29) is 0 Å². The highest BCUT2D eigenvalue weighted by atomic mass is 15.2. The fraction of sp³-hybridized carbons (Fsp3) is 0.571. The van der Waals surface area contributed by atoms with Crippen molar-refractivity contribution in [3.63, 3.8) is 0 Å². The molecule has 3 heterocycles. The first kappa shape index (κ1) is 15.3. The Bertz CT molecular complexity index is 755. The van der Waals surface area contributed by atoms with Crippen molar-refractivity contribution in [1.29, 1.82) is 0 Å². The van der Waals surface area contributed by atoms with Crippen LogP contribution in [-0.2, 0) is 12.8 Å². The van der Waals surface area contributed by atoms with Crippen LogP contribution in [0.25, 0.3) is 11.4 Å². The van der Waals surface area contributed by atoms with Gasteiger partial charge in [-0.15, -0.1) is 0 Å². The number of anilines is 1. The van der Waals surface area contributed by atoms with Gasteiger partial charge in [0.15, 0.2) is 5.82 Å². The summed E-state index contributed by atoms with van der Waals surface area (Å²) in [6.07, 6.45) is 15.6. The average Bonchev–Trinajstić information content (AvgIpc) is 3.32. The molecule has 0 bridgehead atoms. The van der Waals surface area contributed by atoms with Crippen molar-refractivity contribution in [2.75, 3.05) is 18.0 Å². The first-order valence-electron chi connectivity index (χ1n) is 9.88. The Morgan fingerprint density at radius 1 is 0.840 bits per heavy atom. The summed E-state index contributed by atoms with van der Waals surface area (Å²) in [7, 11) is 0. The molecule has 1 aliphatic heterocycles. The molecular formula is C21H26N4. The number of piperidine rings is 1. The zero-order valence-electron chi connectivity index (χ0n) is 14.9. The van der Waals surface area contributed by atoms with Crippen molar-refractivity contribution < 1.29 is 0 Å². The second-order valence-corrected chi connectivity index (χ2v) is 8.08. The summed E-state index contributed by atoms with van der Waals surface area (Å²) in [5.41, 5.74) is 4.43. The van der Waals surface area contributed by atoms with Crippen LogP contribution < -0.4 is 4.90 Å². The lowest BCUT2D eigenvalue weighted by Crippen LogP contribution is -2.39. The van der Waals surface area contributed by atoms with Crippen molar-refractivity contribution in [2.24, 2.45) is 5.41 Å². The molecule has 2 aliphatic carbocycles. The van der Waals surface area contributed by atoms with Crippen LogP contribution in [0.3, 0.4) is 0 Å². The molecule has 0 aromatic carbocycles. The predicted octanol–water partition coefficient (Wildman–Crippen LogP) is 4.19. The monoisotopic (exact) mass is 334 g/mol. The van der Waals surface area contributed by atoms with Gasteiger partial charge in [-0.2, -0.15) is 0 Å². The van der Waals surface area contributed by atoms with E-state index in [9.17, 15) is 0 Å².